The number of methoxy groups -OCH3 is 1. The van der Waals surface area contributed by atoms with Crippen LogP contribution in [0.3, 0.4) is 0 Å². The van der Waals surface area contributed by atoms with Crippen molar-refractivity contribution in [3.63, 3.8) is 0 Å². The average Bonchev–Trinajstić information content (AvgIpc) is 3.20. The van der Waals surface area contributed by atoms with E-state index in [-0.39, 0.29) is 23.2 Å². The van der Waals surface area contributed by atoms with Gasteiger partial charge in [0, 0.05) is 0 Å². The van der Waals surface area contributed by atoms with Crippen molar-refractivity contribution in [2.24, 2.45) is 0 Å². The highest BCUT2D eigenvalue weighted by Crippen LogP contribution is 2.22. The van der Waals surface area contributed by atoms with Crippen molar-refractivity contribution in [3.05, 3.63) is 82.0 Å². The number of rotatable bonds is 5. The Balaban J connectivity index is 1.61. The molecule has 0 aliphatic carbocycles. The van der Waals surface area contributed by atoms with Crippen molar-refractivity contribution in [2.75, 3.05) is 12.4 Å². The molecule has 0 saturated carbocycles. The molecular formula is C21H16ClN5O4. The predicted octanol–water partition coefficient (Wildman–Crippen LogP) is 2.66. The van der Waals surface area contributed by atoms with Crippen molar-refractivity contribution in [2.45, 2.75) is 6.54 Å². The molecule has 31 heavy (non-hydrogen) atoms. The molecule has 4 aromatic rings. The summed E-state index contributed by atoms with van der Waals surface area (Å²) < 4.78 is 7.35. The number of amides is 1. The maximum absolute atomic E-state index is 12.8. The molecule has 0 saturated heterocycles. The van der Waals surface area contributed by atoms with Gasteiger partial charge in [-0.05, 0) is 24.3 Å². The van der Waals surface area contributed by atoms with Gasteiger partial charge in [0.15, 0.2) is 5.65 Å². The number of halogens is 1. The van der Waals surface area contributed by atoms with Gasteiger partial charge in [0.25, 0.3) is 5.56 Å². The third kappa shape index (κ3) is 3.90. The summed E-state index contributed by atoms with van der Waals surface area (Å²) in [5.74, 6) is -1.08. The SMILES string of the molecule is COC(=O)c1ccccc1NC(=O)Cn1cnc2c(cnn2-c2ccccc2Cl)c1=O. The Morgan fingerprint density at radius 2 is 1.87 bits per heavy atom. The van der Waals surface area contributed by atoms with E-state index < -0.39 is 17.4 Å². The zero-order valence-corrected chi connectivity index (χ0v) is 17.0. The summed E-state index contributed by atoms with van der Waals surface area (Å²) in [6, 6.07) is 13.5. The number of ether oxygens (including phenoxy) is 1. The second kappa shape index (κ2) is 8.41. The molecule has 0 unspecified atom stereocenters. The fourth-order valence-corrected chi connectivity index (χ4v) is 3.30. The second-order valence-electron chi connectivity index (χ2n) is 6.51. The minimum atomic E-state index is -0.580. The van der Waals surface area contributed by atoms with Crippen LogP contribution >= 0.6 is 11.6 Å². The summed E-state index contributed by atoms with van der Waals surface area (Å²) >= 11 is 6.22. The lowest BCUT2D eigenvalue weighted by Crippen LogP contribution is -2.28. The summed E-state index contributed by atoms with van der Waals surface area (Å²) in [5.41, 5.74) is 0.972. The average molecular weight is 438 g/mol. The number of fused-ring (bicyclic) bond motifs is 1. The summed E-state index contributed by atoms with van der Waals surface area (Å²) in [5, 5.41) is 7.54. The largest absolute Gasteiger partial charge is 0.465 e. The Morgan fingerprint density at radius 1 is 1.13 bits per heavy atom. The number of carbonyl (C=O) groups is 2. The zero-order valence-electron chi connectivity index (χ0n) is 16.3. The molecule has 1 N–H and O–H groups in total. The van der Waals surface area contributed by atoms with Gasteiger partial charge in [0.2, 0.25) is 5.91 Å². The number of nitrogens with zero attached hydrogens (tertiary/aromatic N) is 4. The molecule has 0 aliphatic rings. The number of anilines is 1. The van der Waals surface area contributed by atoms with E-state index in [2.05, 4.69) is 15.4 Å². The van der Waals surface area contributed by atoms with Crippen molar-refractivity contribution in [3.8, 4) is 5.69 Å². The molecule has 1 amide bonds. The topological polar surface area (TPSA) is 108 Å². The third-order valence-electron chi connectivity index (χ3n) is 4.56. The summed E-state index contributed by atoms with van der Waals surface area (Å²) in [7, 11) is 1.25. The van der Waals surface area contributed by atoms with Gasteiger partial charge in [-0.2, -0.15) is 5.10 Å². The Kier molecular flexibility index (Phi) is 5.50. The van der Waals surface area contributed by atoms with Gasteiger partial charge in [0.05, 0.1) is 35.3 Å². The van der Waals surface area contributed by atoms with Crippen LogP contribution < -0.4 is 10.9 Å². The molecule has 2 heterocycles. The lowest BCUT2D eigenvalue weighted by atomic mass is 10.2. The third-order valence-corrected chi connectivity index (χ3v) is 4.88. The summed E-state index contributed by atoms with van der Waals surface area (Å²) in [4.78, 5) is 41.5. The highest BCUT2D eigenvalue weighted by Gasteiger charge is 2.16. The smallest absolute Gasteiger partial charge is 0.339 e. The van der Waals surface area contributed by atoms with Crippen LogP contribution in [0, 0.1) is 0 Å². The number of benzene rings is 2. The van der Waals surface area contributed by atoms with E-state index in [4.69, 9.17) is 16.3 Å². The van der Waals surface area contributed by atoms with E-state index in [1.54, 1.807) is 42.5 Å². The standard InChI is InChI=1S/C21H16ClN5O4/c1-31-21(30)13-6-2-4-8-16(13)25-18(28)11-26-12-23-19-14(20(26)29)10-24-27(19)17-9-5-3-7-15(17)22/h2-10,12H,11H2,1H3,(H,25,28). The molecule has 9 nitrogen and oxygen atoms in total. The van der Waals surface area contributed by atoms with E-state index >= 15 is 0 Å². The molecule has 0 spiro atoms. The Bertz CT molecular complexity index is 1360. The van der Waals surface area contributed by atoms with Crippen LogP contribution in [0.25, 0.3) is 16.7 Å². The first-order valence-electron chi connectivity index (χ1n) is 9.15. The van der Waals surface area contributed by atoms with Crippen LogP contribution in [0.2, 0.25) is 5.02 Å². The molecule has 156 valence electrons. The molecule has 2 aromatic carbocycles. The highest BCUT2D eigenvalue weighted by atomic mass is 35.5. The molecule has 0 bridgehead atoms. The van der Waals surface area contributed by atoms with Gasteiger partial charge in [0.1, 0.15) is 18.3 Å². The van der Waals surface area contributed by atoms with Gasteiger partial charge in [-0.3, -0.25) is 14.2 Å². The molecule has 4 rings (SSSR count). The monoisotopic (exact) mass is 437 g/mol. The summed E-state index contributed by atoms with van der Waals surface area (Å²) in [6.07, 6.45) is 2.65. The van der Waals surface area contributed by atoms with Gasteiger partial charge in [-0.1, -0.05) is 35.9 Å². The molecule has 0 aliphatic heterocycles. The molecule has 10 heteroatoms. The van der Waals surface area contributed by atoms with Gasteiger partial charge in [-0.25, -0.2) is 14.5 Å². The maximum atomic E-state index is 12.8. The Morgan fingerprint density at radius 3 is 2.65 bits per heavy atom. The number of esters is 1. The van der Waals surface area contributed by atoms with E-state index in [0.717, 1.165) is 4.57 Å². The second-order valence-corrected chi connectivity index (χ2v) is 6.92. The quantitative estimate of drug-likeness (QED) is 0.481. The molecular weight excluding hydrogens is 422 g/mol. The van der Waals surface area contributed by atoms with E-state index in [0.29, 0.717) is 16.4 Å². The van der Waals surface area contributed by atoms with Gasteiger partial charge >= 0.3 is 5.97 Å². The van der Waals surface area contributed by atoms with Crippen molar-refractivity contribution < 1.29 is 14.3 Å². The number of aromatic nitrogens is 4. The minimum absolute atomic E-state index is 0.209. The van der Waals surface area contributed by atoms with Crippen LogP contribution in [-0.2, 0) is 16.1 Å². The number of para-hydroxylation sites is 2. The Labute approximate surface area is 180 Å². The first kappa shape index (κ1) is 20.3. The number of hydrogen-bond acceptors (Lipinski definition) is 6. The fraction of sp³-hybridized carbons (Fsp3) is 0.0952. The van der Waals surface area contributed by atoms with Crippen LogP contribution in [0.1, 0.15) is 10.4 Å². The molecule has 0 fully saturated rings. The summed E-state index contributed by atoms with van der Waals surface area (Å²) in [6.45, 7) is -0.297. The van der Waals surface area contributed by atoms with Gasteiger partial charge in [-0.15, -0.1) is 0 Å². The van der Waals surface area contributed by atoms with Crippen LogP contribution in [0.4, 0.5) is 5.69 Å². The van der Waals surface area contributed by atoms with E-state index in [9.17, 15) is 14.4 Å². The van der Waals surface area contributed by atoms with E-state index in [1.807, 2.05) is 0 Å². The zero-order chi connectivity index (χ0) is 22.0. The highest BCUT2D eigenvalue weighted by molar-refractivity contribution is 6.32. The van der Waals surface area contributed by atoms with Crippen LogP contribution in [-0.4, -0.2) is 38.3 Å². The fourth-order valence-electron chi connectivity index (χ4n) is 3.09. The van der Waals surface area contributed by atoms with Crippen LogP contribution in [0.5, 0.6) is 0 Å². The molecule has 0 radical (unpaired) electrons. The minimum Gasteiger partial charge on any atom is -0.465 e. The number of carbonyl (C=O) groups excluding carboxylic acids is 2. The normalized spacial score (nSPS) is 10.8. The lowest BCUT2D eigenvalue weighted by Gasteiger charge is -2.10. The van der Waals surface area contributed by atoms with Gasteiger partial charge < -0.3 is 10.1 Å². The van der Waals surface area contributed by atoms with E-state index in [1.165, 1.54) is 30.4 Å². The number of hydrogen-bond donors (Lipinski definition) is 1. The van der Waals surface area contributed by atoms with Crippen molar-refractivity contribution in [1.82, 2.24) is 19.3 Å². The van der Waals surface area contributed by atoms with Crippen molar-refractivity contribution >= 4 is 40.2 Å². The van der Waals surface area contributed by atoms with Crippen molar-refractivity contribution in [1.29, 1.82) is 0 Å². The maximum Gasteiger partial charge on any atom is 0.339 e. The molecule has 0 atom stereocenters. The first-order valence-corrected chi connectivity index (χ1v) is 9.52. The number of nitrogens with one attached hydrogen (secondary N) is 1. The predicted molar refractivity (Wildman–Crippen MR) is 115 cm³/mol. The molecule has 2 aromatic heterocycles. The Hall–Kier alpha value is -3.98. The van der Waals surface area contributed by atoms with Crippen LogP contribution in [0.15, 0.2) is 65.8 Å². The lowest BCUT2D eigenvalue weighted by molar-refractivity contribution is -0.116. The first-order chi connectivity index (χ1) is 15.0.